The first-order valence-electron chi connectivity index (χ1n) is 12.4. The average Bonchev–Trinajstić information content (AvgIpc) is 3.78. The van der Waals surface area contributed by atoms with Crippen LogP contribution in [-0.2, 0) is 4.79 Å². The predicted octanol–water partition coefficient (Wildman–Crippen LogP) is 3.82. The highest BCUT2D eigenvalue weighted by molar-refractivity contribution is 5.94. The highest BCUT2D eigenvalue weighted by Crippen LogP contribution is 2.59. The molecule has 2 saturated carbocycles. The van der Waals surface area contributed by atoms with Gasteiger partial charge in [-0.1, -0.05) is 18.7 Å². The van der Waals surface area contributed by atoms with Crippen molar-refractivity contribution in [2.75, 3.05) is 40.8 Å². The Bertz CT molecular complexity index is 1030. The van der Waals surface area contributed by atoms with Gasteiger partial charge in [-0.3, -0.25) is 14.6 Å². The molecular weight excluding hydrogens is 440 g/mol. The maximum atomic E-state index is 12.8. The van der Waals surface area contributed by atoms with Crippen molar-refractivity contribution in [3.63, 3.8) is 0 Å². The average molecular weight is 479 g/mol. The third-order valence-corrected chi connectivity index (χ3v) is 7.32. The van der Waals surface area contributed by atoms with Gasteiger partial charge >= 0.3 is 0 Å². The number of likely N-dealkylation sites (tertiary alicyclic amines) is 1. The molecule has 1 aromatic rings. The zero-order valence-corrected chi connectivity index (χ0v) is 21.5. The number of allylic oxidation sites excluding steroid dienone is 1. The summed E-state index contributed by atoms with van der Waals surface area (Å²) in [5.74, 6) is 4.57. The number of likely N-dealkylation sites (N-methyl/N-ethyl adjacent to an activating group) is 1. The highest BCUT2D eigenvalue weighted by Gasteiger charge is 2.55. The summed E-state index contributed by atoms with van der Waals surface area (Å²) in [6.07, 6.45) is 15.7. The molecule has 7 nitrogen and oxygen atoms in total. The van der Waals surface area contributed by atoms with Crippen molar-refractivity contribution < 1.29 is 14.0 Å². The van der Waals surface area contributed by atoms with Gasteiger partial charge in [-0.2, -0.15) is 0 Å². The summed E-state index contributed by atoms with van der Waals surface area (Å²) in [5, 5.41) is 2.97. The highest BCUT2D eigenvalue weighted by atomic mass is 16.4. The summed E-state index contributed by atoms with van der Waals surface area (Å²) in [5.41, 5.74) is 1.67. The van der Waals surface area contributed by atoms with Crippen LogP contribution in [0.15, 0.2) is 33.8 Å². The molecule has 3 aliphatic rings. The molecule has 2 amide bonds. The number of nitrogens with zero attached hydrogens (tertiary/aromatic N) is 3. The summed E-state index contributed by atoms with van der Waals surface area (Å²) < 4.78 is 5.68. The van der Waals surface area contributed by atoms with Crippen LogP contribution < -0.4 is 5.32 Å². The van der Waals surface area contributed by atoms with E-state index in [9.17, 15) is 9.59 Å². The van der Waals surface area contributed by atoms with Crippen LogP contribution in [0.1, 0.15) is 60.9 Å². The zero-order valence-electron chi connectivity index (χ0n) is 21.5. The summed E-state index contributed by atoms with van der Waals surface area (Å²) >= 11 is 0. The van der Waals surface area contributed by atoms with E-state index in [2.05, 4.69) is 22.8 Å². The van der Waals surface area contributed by atoms with Gasteiger partial charge in [0.15, 0.2) is 11.5 Å². The first-order valence-corrected chi connectivity index (χ1v) is 12.4. The number of amides is 2. The minimum absolute atomic E-state index is 0.0709. The molecule has 1 saturated heterocycles. The number of terminal acetylenes is 1. The van der Waals surface area contributed by atoms with E-state index in [0.29, 0.717) is 35.6 Å². The number of carbonyl (C=O) groups is 2. The Morgan fingerprint density at radius 3 is 2.57 bits per heavy atom. The number of furan rings is 1. The number of aliphatic imine (C=N–C) groups is 1. The second kappa shape index (κ2) is 11.4. The van der Waals surface area contributed by atoms with Crippen molar-refractivity contribution in [2.45, 2.75) is 39.0 Å². The van der Waals surface area contributed by atoms with Crippen LogP contribution in [-0.4, -0.2) is 68.6 Å². The number of piperidine rings is 1. The van der Waals surface area contributed by atoms with Gasteiger partial charge in [0.05, 0.1) is 11.9 Å². The van der Waals surface area contributed by atoms with Gasteiger partial charge in [-0.05, 0) is 56.4 Å². The second-order valence-corrected chi connectivity index (χ2v) is 9.66. The van der Waals surface area contributed by atoms with Gasteiger partial charge in [-0.15, -0.1) is 12.3 Å². The lowest BCUT2D eigenvalue weighted by molar-refractivity contribution is -0.129. The summed E-state index contributed by atoms with van der Waals surface area (Å²) in [6.45, 7) is 7.87. The Morgan fingerprint density at radius 1 is 1.40 bits per heavy atom. The van der Waals surface area contributed by atoms with Gasteiger partial charge in [0.25, 0.3) is 11.8 Å². The van der Waals surface area contributed by atoms with E-state index in [1.807, 2.05) is 24.9 Å². The van der Waals surface area contributed by atoms with E-state index >= 15 is 0 Å². The van der Waals surface area contributed by atoms with Gasteiger partial charge < -0.3 is 19.5 Å². The second-order valence-electron chi connectivity index (χ2n) is 9.66. The van der Waals surface area contributed by atoms with Crippen molar-refractivity contribution in [1.29, 1.82) is 0 Å². The number of nitrogens with one attached hydrogen (secondary N) is 1. The van der Waals surface area contributed by atoms with E-state index in [0.717, 1.165) is 37.9 Å². The third kappa shape index (κ3) is 6.25. The fourth-order valence-electron chi connectivity index (χ4n) is 4.76. The molecular formula is C28H38N4O3. The quantitative estimate of drug-likeness (QED) is 0.367. The van der Waals surface area contributed by atoms with Crippen molar-refractivity contribution in [1.82, 2.24) is 15.1 Å². The topological polar surface area (TPSA) is 78.2 Å². The minimum atomic E-state index is -0.129. The maximum absolute atomic E-state index is 12.8. The van der Waals surface area contributed by atoms with Crippen LogP contribution in [0, 0.1) is 29.6 Å². The lowest BCUT2D eigenvalue weighted by atomic mass is 9.90. The molecule has 2 aliphatic carbocycles. The van der Waals surface area contributed by atoms with Gasteiger partial charge in [0.2, 0.25) is 0 Å². The normalized spacial score (nSPS) is 20.6. The van der Waals surface area contributed by atoms with Crippen molar-refractivity contribution >= 4 is 24.1 Å². The van der Waals surface area contributed by atoms with Crippen LogP contribution in [0.2, 0.25) is 0 Å². The van der Waals surface area contributed by atoms with E-state index < -0.39 is 0 Å². The van der Waals surface area contributed by atoms with Crippen LogP contribution in [0.25, 0.3) is 6.08 Å². The van der Waals surface area contributed by atoms with Gasteiger partial charge in [-0.25, -0.2) is 0 Å². The Kier molecular flexibility index (Phi) is 8.61. The Balaban J connectivity index is 0.000000607. The van der Waals surface area contributed by atoms with Crippen LogP contribution in [0.3, 0.4) is 0 Å². The molecule has 4 rings (SSSR count). The van der Waals surface area contributed by atoms with Crippen LogP contribution >= 0.6 is 0 Å². The Labute approximate surface area is 209 Å². The molecule has 7 heteroatoms. The van der Waals surface area contributed by atoms with Crippen molar-refractivity contribution in [3.8, 4) is 12.3 Å². The monoisotopic (exact) mass is 478 g/mol. The van der Waals surface area contributed by atoms with Gasteiger partial charge in [0.1, 0.15) is 0 Å². The lowest BCUT2D eigenvalue weighted by Crippen LogP contribution is -2.42. The number of hydrogen-bond acceptors (Lipinski definition) is 5. The standard InChI is InChI=1S/C23H32N4O3.C5H6/c1-6-16-12-19(30-20(16)14-24-3)22(29)26(5)15-17-13-23(17)8-10-27(11-9-23)21(28)18(7-2)25-4;1-2-5-3-4-5/h6-7,12,14,17,25H,1,8-11,13,15H2,2-5H3;1,5H,3-4H2/b18-7-,24-14?;. The molecule has 35 heavy (non-hydrogen) atoms. The molecule has 1 unspecified atom stereocenters. The summed E-state index contributed by atoms with van der Waals surface area (Å²) in [4.78, 5) is 33.0. The number of rotatable bonds is 7. The largest absolute Gasteiger partial charge is 0.449 e. The fourth-order valence-corrected chi connectivity index (χ4v) is 4.76. The molecule has 0 radical (unpaired) electrons. The molecule has 1 aliphatic heterocycles. The van der Waals surface area contributed by atoms with Crippen molar-refractivity contribution in [2.24, 2.45) is 22.2 Å². The van der Waals surface area contributed by atoms with Crippen molar-refractivity contribution in [3.05, 3.63) is 41.5 Å². The molecule has 3 fully saturated rings. The molecule has 1 atom stereocenters. The molecule has 1 aromatic heterocycles. The lowest BCUT2D eigenvalue weighted by Gasteiger charge is -2.34. The molecule has 0 aromatic carbocycles. The first-order chi connectivity index (χ1) is 16.8. The number of carbonyl (C=O) groups excluding carboxylic acids is 2. The minimum Gasteiger partial charge on any atom is -0.449 e. The SMILES string of the molecule is C#CC1CC1.C=Cc1cc(C(=O)N(C)CC2CC23CCN(C(=O)/C(=C/C)NC)CC3)oc1C=NC. The van der Waals surface area contributed by atoms with E-state index in [-0.39, 0.29) is 17.2 Å². The fraction of sp³-hybridized carbons (Fsp3) is 0.536. The summed E-state index contributed by atoms with van der Waals surface area (Å²) in [6, 6.07) is 1.72. The Hall–Kier alpha value is -3.27. The molecule has 1 N–H and O–H groups in total. The van der Waals surface area contributed by atoms with E-state index in [4.69, 9.17) is 10.8 Å². The molecule has 2 heterocycles. The first kappa shape index (κ1) is 26.3. The van der Waals surface area contributed by atoms with E-state index in [1.165, 1.54) is 12.8 Å². The molecule has 1 spiro atoms. The molecule has 0 bridgehead atoms. The zero-order chi connectivity index (χ0) is 25.6. The van der Waals surface area contributed by atoms with E-state index in [1.54, 1.807) is 37.4 Å². The predicted molar refractivity (Wildman–Crippen MR) is 140 cm³/mol. The smallest absolute Gasteiger partial charge is 0.289 e. The van der Waals surface area contributed by atoms with Gasteiger partial charge in [0, 0.05) is 52.3 Å². The van der Waals surface area contributed by atoms with Crippen LogP contribution in [0.4, 0.5) is 0 Å². The molecule has 188 valence electrons. The third-order valence-electron chi connectivity index (χ3n) is 7.32. The Morgan fingerprint density at radius 2 is 2.09 bits per heavy atom. The summed E-state index contributed by atoms with van der Waals surface area (Å²) in [7, 11) is 5.26. The maximum Gasteiger partial charge on any atom is 0.289 e. The number of hydrogen-bond donors (Lipinski definition) is 1. The van der Waals surface area contributed by atoms with Crippen LogP contribution in [0.5, 0.6) is 0 Å².